The van der Waals surface area contributed by atoms with Crippen LogP contribution in [0.2, 0.25) is 0 Å². The Kier molecular flexibility index (Phi) is 2.80. The van der Waals surface area contributed by atoms with Gasteiger partial charge in [-0.25, -0.2) is 4.98 Å². The number of imidazole rings is 1. The van der Waals surface area contributed by atoms with Crippen LogP contribution in [0.5, 0.6) is 0 Å². The Morgan fingerprint density at radius 3 is 2.67 bits per heavy atom. The first kappa shape index (κ1) is 11.3. The van der Waals surface area contributed by atoms with E-state index in [1.807, 2.05) is 25.4 Å². The lowest BCUT2D eigenvalue weighted by Gasteiger charge is -2.11. The van der Waals surface area contributed by atoms with E-state index in [0.29, 0.717) is 0 Å². The highest BCUT2D eigenvalue weighted by atomic mass is 79.9. The van der Waals surface area contributed by atoms with Crippen molar-refractivity contribution < 1.29 is 0 Å². The number of aromatic nitrogens is 2. The molecule has 0 aliphatic heterocycles. The summed E-state index contributed by atoms with van der Waals surface area (Å²) in [6.45, 7) is 0. The molecule has 3 aromatic rings. The van der Waals surface area contributed by atoms with Crippen molar-refractivity contribution in [2.75, 3.05) is 12.4 Å². The second-order valence-electron chi connectivity index (χ2n) is 3.98. The van der Waals surface area contributed by atoms with Gasteiger partial charge < -0.3 is 5.32 Å². The number of benzene rings is 2. The summed E-state index contributed by atoms with van der Waals surface area (Å²) >= 11 is 3.59. The maximum atomic E-state index is 4.28. The Morgan fingerprint density at radius 2 is 1.89 bits per heavy atom. The van der Waals surface area contributed by atoms with Crippen molar-refractivity contribution in [1.82, 2.24) is 9.55 Å². The van der Waals surface area contributed by atoms with E-state index in [0.717, 1.165) is 16.1 Å². The first-order chi connectivity index (χ1) is 8.81. The van der Waals surface area contributed by atoms with Crippen molar-refractivity contribution in [1.29, 1.82) is 0 Å². The average molecular weight is 302 g/mol. The summed E-state index contributed by atoms with van der Waals surface area (Å²) in [6, 6.07) is 12.5. The number of hydrogen-bond acceptors (Lipinski definition) is 2. The van der Waals surface area contributed by atoms with E-state index in [1.54, 1.807) is 6.20 Å². The van der Waals surface area contributed by atoms with Gasteiger partial charge in [-0.05, 0) is 17.5 Å². The summed E-state index contributed by atoms with van der Waals surface area (Å²) in [5.41, 5.74) is 1.12. The van der Waals surface area contributed by atoms with Crippen LogP contribution < -0.4 is 5.32 Å². The van der Waals surface area contributed by atoms with E-state index in [-0.39, 0.29) is 0 Å². The van der Waals surface area contributed by atoms with Crippen LogP contribution in [0.4, 0.5) is 5.95 Å². The van der Waals surface area contributed by atoms with Crippen molar-refractivity contribution in [2.24, 2.45) is 0 Å². The summed E-state index contributed by atoms with van der Waals surface area (Å²) in [6.07, 6.45) is 3.75. The first-order valence-electron chi connectivity index (χ1n) is 5.70. The molecule has 0 saturated heterocycles. The molecule has 0 unspecified atom stereocenters. The molecule has 0 aliphatic rings. The van der Waals surface area contributed by atoms with Crippen molar-refractivity contribution in [3.63, 3.8) is 0 Å². The standard InChI is InChI=1S/C14H12BrN3/c1-16-14-17-8-9-18(14)13-7-6-12(15)10-4-2-3-5-11(10)13/h2-9H,1H3,(H,16,17). The highest BCUT2D eigenvalue weighted by Crippen LogP contribution is 2.30. The predicted molar refractivity (Wildman–Crippen MR) is 78.3 cm³/mol. The smallest absolute Gasteiger partial charge is 0.207 e. The number of halogens is 1. The molecule has 0 bridgehead atoms. The first-order valence-corrected chi connectivity index (χ1v) is 6.49. The minimum atomic E-state index is 0.836. The van der Waals surface area contributed by atoms with Gasteiger partial charge in [-0.15, -0.1) is 0 Å². The lowest BCUT2D eigenvalue weighted by Crippen LogP contribution is -2.01. The monoisotopic (exact) mass is 301 g/mol. The third-order valence-corrected chi connectivity index (χ3v) is 3.66. The highest BCUT2D eigenvalue weighted by molar-refractivity contribution is 9.10. The molecule has 3 nitrogen and oxygen atoms in total. The zero-order valence-electron chi connectivity index (χ0n) is 9.89. The molecule has 0 spiro atoms. The van der Waals surface area contributed by atoms with Crippen molar-refractivity contribution in [2.45, 2.75) is 0 Å². The number of nitrogens with zero attached hydrogens (tertiary/aromatic N) is 2. The molecule has 18 heavy (non-hydrogen) atoms. The van der Waals surface area contributed by atoms with Gasteiger partial charge in [0.2, 0.25) is 5.95 Å². The molecule has 3 rings (SSSR count). The Balaban J connectivity index is 2.34. The predicted octanol–water partition coefficient (Wildman–Crippen LogP) is 3.83. The quantitative estimate of drug-likeness (QED) is 0.779. The Hall–Kier alpha value is -1.81. The minimum absolute atomic E-state index is 0.836. The molecule has 0 aliphatic carbocycles. The Morgan fingerprint density at radius 1 is 1.11 bits per heavy atom. The molecule has 2 aromatic carbocycles. The van der Waals surface area contributed by atoms with E-state index in [4.69, 9.17) is 0 Å². The average Bonchev–Trinajstić information content (AvgIpc) is 2.88. The minimum Gasteiger partial charge on any atom is -0.358 e. The van der Waals surface area contributed by atoms with Gasteiger partial charge in [0, 0.05) is 29.3 Å². The molecular formula is C14H12BrN3. The maximum Gasteiger partial charge on any atom is 0.207 e. The number of fused-ring (bicyclic) bond motifs is 1. The van der Waals surface area contributed by atoms with Crippen LogP contribution >= 0.6 is 15.9 Å². The number of hydrogen-bond donors (Lipinski definition) is 1. The van der Waals surface area contributed by atoms with Crippen LogP contribution in [-0.4, -0.2) is 16.6 Å². The normalized spacial score (nSPS) is 10.8. The zero-order valence-corrected chi connectivity index (χ0v) is 11.5. The molecule has 1 N–H and O–H groups in total. The number of anilines is 1. The molecule has 0 radical (unpaired) electrons. The molecule has 0 amide bonds. The fourth-order valence-corrected chi connectivity index (χ4v) is 2.62. The van der Waals surface area contributed by atoms with E-state index in [2.05, 4.69) is 55.1 Å². The Labute approximate surface area is 114 Å². The van der Waals surface area contributed by atoms with Gasteiger partial charge in [0.25, 0.3) is 0 Å². The van der Waals surface area contributed by atoms with Gasteiger partial charge >= 0.3 is 0 Å². The summed E-state index contributed by atoms with van der Waals surface area (Å²) in [4.78, 5) is 4.28. The SMILES string of the molecule is CNc1nccn1-c1ccc(Br)c2ccccc12. The molecule has 1 heterocycles. The molecule has 1 aromatic heterocycles. The Bertz CT molecular complexity index is 703. The van der Waals surface area contributed by atoms with Crippen molar-refractivity contribution in [3.05, 3.63) is 53.3 Å². The van der Waals surface area contributed by atoms with Gasteiger partial charge in [-0.3, -0.25) is 4.57 Å². The molecule has 4 heteroatoms. The van der Waals surface area contributed by atoms with Crippen LogP contribution in [-0.2, 0) is 0 Å². The fraction of sp³-hybridized carbons (Fsp3) is 0.0714. The van der Waals surface area contributed by atoms with Gasteiger partial charge in [-0.2, -0.15) is 0 Å². The lowest BCUT2D eigenvalue weighted by molar-refractivity contribution is 1.07. The van der Waals surface area contributed by atoms with Gasteiger partial charge in [0.1, 0.15) is 0 Å². The lowest BCUT2D eigenvalue weighted by atomic mass is 10.1. The van der Waals surface area contributed by atoms with Crippen molar-refractivity contribution in [3.8, 4) is 5.69 Å². The topological polar surface area (TPSA) is 29.9 Å². The van der Waals surface area contributed by atoms with Gasteiger partial charge in [0.05, 0.1) is 5.69 Å². The highest BCUT2D eigenvalue weighted by Gasteiger charge is 2.08. The zero-order chi connectivity index (χ0) is 12.5. The van der Waals surface area contributed by atoms with Crippen LogP contribution in [0.15, 0.2) is 53.3 Å². The van der Waals surface area contributed by atoms with Crippen molar-refractivity contribution >= 4 is 32.7 Å². The summed E-state index contributed by atoms with van der Waals surface area (Å²) in [7, 11) is 1.87. The third-order valence-electron chi connectivity index (χ3n) is 2.97. The van der Waals surface area contributed by atoms with Crippen LogP contribution in [0.3, 0.4) is 0 Å². The molecular weight excluding hydrogens is 290 g/mol. The molecule has 0 fully saturated rings. The summed E-state index contributed by atoms with van der Waals surface area (Å²) in [5, 5.41) is 5.49. The van der Waals surface area contributed by atoms with Crippen LogP contribution in [0, 0.1) is 0 Å². The molecule has 90 valence electrons. The largest absolute Gasteiger partial charge is 0.358 e. The van der Waals surface area contributed by atoms with Gasteiger partial charge in [0.15, 0.2) is 0 Å². The van der Waals surface area contributed by atoms with Crippen LogP contribution in [0.25, 0.3) is 16.5 Å². The number of nitrogens with one attached hydrogen (secondary N) is 1. The van der Waals surface area contributed by atoms with E-state index >= 15 is 0 Å². The second kappa shape index (κ2) is 4.46. The molecule has 0 atom stereocenters. The third kappa shape index (κ3) is 1.69. The second-order valence-corrected chi connectivity index (χ2v) is 4.84. The number of rotatable bonds is 2. The summed E-state index contributed by atoms with van der Waals surface area (Å²) < 4.78 is 3.15. The maximum absolute atomic E-state index is 4.28. The van der Waals surface area contributed by atoms with E-state index in [1.165, 1.54) is 10.8 Å². The van der Waals surface area contributed by atoms with Crippen LogP contribution in [0.1, 0.15) is 0 Å². The van der Waals surface area contributed by atoms with Gasteiger partial charge in [-0.1, -0.05) is 40.2 Å². The fourth-order valence-electron chi connectivity index (χ4n) is 2.14. The summed E-state index contributed by atoms with van der Waals surface area (Å²) in [5.74, 6) is 0.836. The molecule has 0 saturated carbocycles. The van der Waals surface area contributed by atoms with E-state index in [9.17, 15) is 0 Å². The van der Waals surface area contributed by atoms with E-state index < -0.39 is 0 Å².